The molecule has 1 heterocycles. The minimum Gasteiger partial charge on any atom is -0.481 e. The number of carbonyl (C=O) groups is 2. The van der Waals surface area contributed by atoms with Crippen LogP contribution in [0.1, 0.15) is 43.9 Å². The van der Waals surface area contributed by atoms with Gasteiger partial charge in [-0.3, -0.25) is 9.89 Å². The van der Waals surface area contributed by atoms with E-state index in [0.717, 1.165) is 18.5 Å². The van der Waals surface area contributed by atoms with Crippen LogP contribution in [0.15, 0.2) is 6.20 Å². The van der Waals surface area contributed by atoms with Gasteiger partial charge < -0.3 is 15.7 Å². The van der Waals surface area contributed by atoms with Gasteiger partial charge in [0.2, 0.25) is 0 Å². The van der Waals surface area contributed by atoms with Crippen LogP contribution in [0.2, 0.25) is 0 Å². The lowest BCUT2D eigenvalue weighted by atomic mass is 10.1. The molecule has 0 saturated heterocycles. The molecule has 7 nitrogen and oxygen atoms in total. The minimum atomic E-state index is -0.804. The average Bonchev–Trinajstić information content (AvgIpc) is 2.80. The largest absolute Gasteiger partial charge is 0.481 e. The third-order valence-corrected chi connectivity index (χ3v) is 3.25. The number of H-pyrrole nitrogens is 1. The fourth-order valence-electron chi connectivity index (χ4n) is 2.01. The Hall–Kier alpha value is -2.05. The van der Waals surface area contributed by atoms with Crippen molar-refractivity contribution in [3.8, 4) is 0 Å². The van der Waals surface area contributed by atoms with Crippen LogP contribution in [0.5, 0.6) is 0 Å². The highest BCUT2D eigenvalue weighted by Crippen LogP contribution is 2.05. The summed E-state index contributed by atoms with van der Waals surface area (Å²) < 4.78 is 0. The number of aromatic amines is 1. The van der Waals surface area contributed by atoms with Gasteiger partial charge in [0.25, 0.3) is 0 Å². The van der Waals surface area contributed by atoms with Crippen LogP contribution in [0.3, 0.4) is 0 Å². The maximum absolute atomic E-state index is 11.6. The summed E-state index contributed by atoms with van der Waals surface area (Å²) in [7, 11) is 0. The van der Waals surface area contributed by atoms with Crippen LogP contribution in [0.4, 0.5) is 4.79 Å². The summed E-state index contributed by atoms with van der Waals surface area (Å²) >= 11 is 0. The van der Waals surface area contributed by atoms with Crippen LogP contribution in [0, 0.1) is 6.92 Å². The van der Waals surface area contributed by atoms with Crippen molar-refractivity contribution in [2.75, 3.05) is 6.54 Å². The molecule has 0 aliphatic rings. The Morgan fingerprint density at radius 2 is 2.19 bits per heavy atom. The van der Waals surface area contributed by atoms with E-state index in [9.17, 15) is 9.59 Å². The van der Waals surface area contributed by atoms with E-state index in [1.54, 1.807) is 6.20 Å². The number of carboxylic acid groups (broad SMARTS) is 1. The number of aromatic nitrogens is 2. The molecule has 0 aliphatic carbocycles. The van der Waals surface area contributed by atoms with Crippen molar-refractivity contribution in [1.82, 2.24) is 20.8 Å². The SMILES string of the molecule is Cc1[nH]ncc1CCCNC(=O)NC(C)CCCC(=O)O. The first kappa shape index (κ1) is 17.0. The molecule has 4 N–H and O–H groups in total. The van der Waals surface area contributed by atoms with Crippen LogP contribution in [-0.2, 0) is 11.2 Å². The summed E-state index contributed by atoms with van der Waals surface area (Å²) in [6.45, 7) is 4.44. The molecule has 1 aromatic heterocycles. The van der Waals surface area contributed by atoms with Crippen LogP contribution in [-0.4, -0.2) is 39.9 Å². The second-order valence-corrected chi connectivity index (χ2v) is 5.21. The number of amides is 2. The third kappa shape index (κ3) is 7.34. The molecule has 1 rings (SSSR count). The van der Waals surface area contributed by atoms with E-state index in [-0.39, 0.29) is 18.5 Å². The van der Waals surface area contributed by atoms with E-state index in [2.05, 4.69) is 20.8 Å². The smallest absolute Gasteiger partial charge is 0.314 e. The van der Waals surface area contributed by atoms with Crippen LogP contribution in [0.25, 0.3) is 0 Å². The van der Waals surface area contributed by atoms with Gasteiger partial charge in [-0.15, -0.1) is 0 Å². The molecule has 0 aromatic carbocycles. The molecular weight excluding hydrogens is 272 g/mol. The Morgan fingerprint density at radius 3 is 2.81 bits per heavy atom. The van der Waals surface area contributed by atoms with E-state index >= 15 is 0 Å². The number of carbonyl (C=O) groups excluding carboxylic acids is 1. The van der Waals surface area contributed by atoms with Crippen LogP contribution < -0.4 is 10.6 Å². The lowest BCUT2D eigenvalue weighted by molar-refractivity contribution is -0.137. The average molecular weight is 296 g/mol. The quantitative estimate of drug-likeness (QED) is 0.519. The number of aryl methyl sites for hydroxylation is 2. The third-order valence-electron chi connectivity index (χ3n) is 3.25. The zero-order valence-corrected chi connectivity index (χ0v) is 12.6. The van der Waals surface area contributed by atoms with Crippen molar-refractivity contribution in [2.45, 2.75) is 52.0 Å². The monoisotopic (exact) mass is 296 g/mol. The number of nitrogens with one attached hydrogen (secondary N) is 3. The Kier molecular flexibility index (Phi) is 7.28. The number of hydrogen-bond donors (Lipinski definition) is 4. The summed E-state index contributed by atoms with van der Waals surface area (Å²) in [6, 6.07) is -0.234. The standard InChI is InChI=1S/C14H24N4O3/c1-10(5-3-7-13(19)20)17-14(21)15-8-4-6-12-9-16-18-11(12)2/h9-10H,3-8H2,1-2H3,(H,16,18)(H,19,20)(H2,15,17,21). The molecule has 0 bridgehead atoms. The van der Waals surface area contributed by atoms with Crippen molar-refractivity contribution >= 4 is 12.0 Å². The van der Waals surface area contributed by atoms with Crippen molar-refractivity contribution in [3.63, 3.8) is 0 Å². The minimum absolute atomic E-state index is 0.0273. The van der Waals surface area contributed by atoms with Gasteiger partial charge in [-0.05, 0) is 45.1 Å². The lowest BCUT2D eigenvalue weighted by Gasteiger charge is -2.14. The normalized spacial score (nSPS) is 11.9. The van der Waals surface area contributed by atoms with Gasteiger partial charge in [-0.2, -0.15) is 5.10 Å². The Labute approximate surface area is 124 Å². The highest BCUT2D eigenvalue weighted by atomic mass is 16.4. The van der Waals surface area contributed by atoms with Gasteiger partial charge in [-0.25, -0.2) is 4.79 Å². The molecule has 7 heteroatoms. The maximum atomic E-state index is 11.6. The molecule has 118 valence electrons. The van der Waals surface area contributed by atoms with Gasteiger partial charge in [-0.1, -0.05) is 0 Å². The number of carboxylic acids is 1. The van der Waals surface area contributed by atoms with E-state index in [0.29, 0.717) is 19.4 Å². The zero-order chi connectivity index (χ0) is 15.7. The molecule has 0 fully saturated rings. The van der Waals surface area contributed by atoms with Gasteiger partial charge in [0.15, 0.2) is 0 Å². The van der Waals surface area contributed by atoms with E-state index in [4.69, 9.17) is 5.11 Å². The van der Waals surface area contributed by atoms with Crippen LogP contribution >= 0.6 is 0 Å². The topological polar surface area (TPSA) is 107 Å². The lowest BCUT2D eigenvalue weighted by Crippen LogP contribution is -2.41. The summed E-state index contributed by atoms with van der Waals surface area (Å²) in [5, 5.41) is 21.0. The fraction of sp³-hybridized carbons (Fsp3) is 0.643. The molecule has 2 amide bonds. The van der Waals surface area contributed by atoms with E-state index in [1.165, 1.54) is 5.56 Å². The van der Waals surface area contributed by atoms with E-state index in [1.807, 2.05) is 13.8 Å². The molecule has 0 saturated carbocycles. The van der Waals surface area contributed by atoms with E-state index < -0.39 is 5.97 Å². The summed E-state index contributed by atoms with van der Waals surface area (Å²) in [5.41, 5.74) is 2.23. The predicted molar refractivity (Wildman–Crippen MR) is 79.1 cm³/mol. The highest BCUT2D eigenvalue weighted by Gasteiger charge is 2.07. The summed E-state index contributed by atoms with van der Waals surface area (Å²) in [5.74, 6) is -0.804. The molecule has 21 heavy (non-hydrogen) atoms. The molecule has 0 radical (unpaired) electrons. The van der Waals surface area contributed by atoms with Crippen molar-refractivity contribution in [3.05, 3.63) is 17.5 Å². The number of rotatable bonds is 9. The zero-order valence-electron chi connectivity index (χ0n) is 12.6. The first-order valence-corrected chi connectivity index (χ1v) is 7.24. The van der Waals surface area contributed by atoms with Crippen molar-refractivity contribution < 1.29 is 14.7 Å². The first-order chi connectivity index (χ1) is 9.99. The van der Waals surface area contributed by atoms with Crippen molar-refractivity contribution in [2.24, 2.45) is 0 Å². The van der Waals surface area contributed by atoms with Gasteiger partial charge in [0.1, 0.15) is 0 Å². The van der Waals surface area contributed by atoms with Crippen molar-refractivity contribution in [1.29, 1.82) is 0 Å². The summed E-state index contributed by atoms with van der Waals surface area (Å²) in [6.07, 6.45) is 4.89. The molecule has 1 unspecified atom stereocenters. The Bertz CT molecular complexity index is 459. The second-order valence-electron chi connectivity index (χ2n) is 5.21. The molecule has 0 aliphatic heterocycles. The number of aliphatic carboxylic acids is 1. The molecular formula is C14H24N4O3. The molecule has 1 atom stereocenters. The fourth-order valence-corrected chi connectivity index (χ4v) is 2.01. The first-order valence-electron chi connectivity index (χ1n) is 7.24. The van der Waals surface area contributed by atoms with Gasteiger partial charge in [0, 0.05) is 24.7 Å². The molecule has 1 aromatic rings. The number of urea groups is 1. The number of hydrogen-bond acceptors (Lipinski definition) is 3. The summed E-state index contributed by atoms with van der Waals surface area (Å²) in [4.78, 5) is 22.0. The second kappa shape index (κ2) is 8.99. The maximum Gasteiger partial charge on any atom is 0.314 e. The Balaban J connectivity index is 2.08. The Morgan fingerprint density at radius 1 is 1.43 bits per heavy atom. The molecule has 0 spiro atoms. The highest BCUT2D eigenvalue weighted by molar-refractivity contribution is 5.74. The van der Waals surface area contributed by atoms with Gasteiger partial charge >= 0.3 is 12.0 Å². The predicted octanol–water partition coefficient (Wildman–Crippen LogP) is 1.59. The van der Waals surface area contributed by atoms with Gasteiger partial charge in [0.05, 0.1) is 6.20 Å². The number of nitrogens with zero attached hydrogens (tertiary/aromatic N) is 1.